The molecule has 0 aliphatic rings. The van der Waals surface area contributed by atoms with Crippen molar-refractivity contribution in [3.63, 3.8) is 0 Å². The zero-order chi connectivity index (χ0) is 12.7. The molecule has 1 aromatic rings. The second-order valence-electron chi connectivity index (χ2n) is 3.68. The maximum Gasteiger partial charge on any atom is 0.234 e. The molecular weight excluding hydrogens is 236 g/mol. The molecule has 0 saturated heterocycles. The quantitative estimate of drug-likeness (QED) is 0.601. The first-order chi connectivity index (χ1) is 8.13. The maximum absolute atomic E-state index is 11.6. The van der Waals surface area contributed by atoms with Gasteiger partial charge in [-0.15, -0.1) is 11.8 Å². The van der Waals surface area contributed by atoms with E-state index in [0.29, 0.717) is 23.7 Å². The molecule has 3 N–H and O–H groups in total. The zero-order valence-electron chi connectivity index (χ0n) is 10.2. The highest BCUT2D eigenvalue weighted by Crippen LogP contribution is 2.19. The van der Waals surface area contributed by atoms with Crippen molar-refractivity contribution < 1.29 is 9.53 Å². The van der Waals surface area contributed by atoms with Crippen LogP contribution in [-0.2, 0) is 9.53 Å². The number of ether oxygens (including phenoxy) is 1. The van der Waals surface area contributed by atoms with Crippen LogP contribution in [0.2, 0.25) is 0 Å². The van der Waals surface area contributed by atoms with Gasteiger partial charge in [0.25, 0.3) is 0 Å². The van der Waals surface area contributed by atoms with Crippen LogP contribution in [0.1, 0.15) is 5.56 Å². The summed E-state index contributed by atoms with van der Waals surface area (Å²) in [7, 11) is 1.65. The number of nitrogens with two attached hydrogens (primary N) is 1. The van der Waals surface area contributed by atoms with E-state index in [9.17, 15) is 4.79 Å². The highest BCUT2D eigenvalue weighted by atomic mass is 32.2. The van der Waals surface area contributed by atoms with Crippen molar-refractivity contribution in [1.82, 2.24) is 0 Å². The Balaban J connectivity index is 2.40. The lowest BCUT2D eigenvalue weighted by Gasteiger charge is -2.08. The van der Waals surface area contributed by atoms with Gasteiger partial charge in [-0.3, -0.25) is 4.79 Å². The van der Waals surface area contributed by atoms with Gasteiger partial charge in [0.15, 0.2) is 0 Å². The van der Waals surface area contributed by atoms with Crippen LogP contribution in [0.5, 0.6) is 0 Å². The van der Waals surface area contributed by atoms with Crippen molar-refractivity contribution in [3.8, 4) is 0 Å². The Morgan fingerprint density at radius 1 is 1.53 bits per heavy atom. The van der Waals surface area contributed by atoms with Gasteiger partial charge in [0.1, 0.15) is 0 Å². The van der Waals surface area contributed by atoms with Crippen LogP contribution in [-0.4, -0.2) is 31.1 Å². The first kappa shape index (κ1) is 13.9. The van der Waals surface area contributed by atoms with Crippen LogP contribution in [0.25, 0.3) is 0 Å². The van der Waals surface area contributed by atoms with Gasteiger partial charge in [0.05, 0.1) is 23.7 Å². The average molecular weight is 254 g/mol. The number of hydrogen-bond donors (Lipinski definition) is 2. The average Bonchev–Trinajstić information content (AvgIpc) is 2.28. The molecule has 4 nitrogen and oxygen atoms in total. The Bertz CT molecular complexity index is 383. The summed E-state index contributed by atoms with van der Waals surface area (Å²) in [5.74, 6) is 1.19. The summed E-state index contributed by atoms with van der Waals surface area (Å²) >= 11 is 1.54. The summed E-state index contributed by atoms with van der Waals surface area (Å²) in [5.41, 5.74) is 8.15. The number of methoxy groups -OCH3 is 1. The third-order valence-corrected chi connectivity index (χ3v) is 3.07. The maximum atomic E-state index is 11.6. The lowest BCUT2D eigenvalue weighted by Crippen LogP contribution is -2.15. The van der Waals surface area contributed by atoms with Crippen LogP contribution in [0.4, 0.5) is 11.4 Å². The first-order valence-electron chi connectivity index (χ1n) is 5.36. The third-order valence-electron chi connectivity index (χ3n) is 2.15. The van der Waals surface area contributed by atoms with Gasteiger partial charge in [0.2, 0.25) is 5.91 Å². The Morgan fingerprint density at radius 2 is 2.29 bits per heavy atom. The molecule has 17 heavy (non-hydrogen) atoms. The number of rotatable bonds is 6. The van der Waals surface area contributed by atoms with Crippen LogP contribution in [0.15, 0.2) is 18.2 Å². The first-order valence-corrected chi connectivity index (χ1v) is 6.51. The summed E-state index contributed by atoms with van der Waals surface area (Å²) in [5, 5.41) is 2.79. The molecule has 0 heterocycles. The van der Waals surface area contributed by atoms with E-state index >= 15 is 0 Å². The monoisotopic (exact) mass is 254 g/mol. The molecule has 0 unspecified atom stereocenters. The Labute approximate surface area is 106 Å². The SMILES string of the molecule is COCCSCC(=O)Nc1ccc(C)cc1N. The predicted octanol–water partition coefficient (Wildman–Crippen LogP) is 1.90. The van der Waals surface area contributed by atoms with E-state index in [4.69, 9.17) is 10.5 Å². The van der Waals surface area contributed by atoms with Gasteiger partial charge < -0.3 is 15.8 Å². The van der Waals surface area contributed by atoms with E-state index in [1.165, 1.54) is 11.8 Å². The minimum Gasteiger partial charge on any atom is -0.397 e. The fraction of sp³-hybridized carbons (Fsp3) is 0.417. The molecule has 94 valence electrons. The number of carbonyl (C=O) groups excluding carboxylic acids is 1. The highest BCUT2D eigenvalue weighted by molar-refractivity contribution is 7.99. The van der Waals surface area contributed by atoms with Crippen LogP contribution in [0.3, 0.4) is 0 Å². The minimum atomic E-state index is -0.0401. The van der Waals surface area contributed by atoms with Crippen molar-refractivity contribution in [3.05, 3.63) is 23.8 Å². The second-order valence-corrected chi connectivity index (χ2v) is 4.79. The molecule has 5 heteroatoms. The topological polar surface area (TPSA) is 64.3 Å². The third kappa shape index (κ3) is 5.10. The van der Waals surface area contributed by atoms with Crippen molar-refractivity contribution in [2.45, 2.75) is 6.92 Å². The van der Waals surface area contributed by atoms with E-state index in [1.807, 2.05) is 25.1 Å². The smallest absolute Gasteiger partial charge is 0.234 e. The Hall–Kier alpha value is -1.20. The molecular formula is C12H18N2O2S. The summed E-state index contributed by atoms with van der Waals surface area (Å²) in [6.45, 7) is 2.62. The number of aryl methyl sites for hydroxylation is 1. The van der Waals surface area contributed by atoms with E-state index in [1.54, 1.807) is 7.11 Å². The minimum absolute atomic E-state index is 0.0401. The number of benzene rings is 1. The number of thioether (sulfide) groups is 1. The fourth-order valence-electron chi connectivity index (χ4n) is 1.29. The Morgan fingerprint density at radius 3 is 2.94 bits per heavy atom. The van der Waals surface area contributed by atoms with Gasteiger partial charge >= 0.3 is 0 Å². The summed E-state index contributed by atoms with van der Waals surface area (Å²) in [4.78, 5) is 11.6. The number of carbonyl (C=O) groups is 1. The number of nitrogen functional groups attached to an aromatic ring is 1. The van der Waals surface area contributed by atoms with Gasteiger partial charge in [-0.05, 0) is 24.6 Å². The standard InChI is InChI=1S/C12H18N2O2S/c1-9-3-4-11(10(13)7-9)14-12(15)8-17-6-5-16-2/h3-4,7H,5-6,8,13H2,1-2H3,(H,14,15). The van der Waals surface area contributed by atoms with E-state index < -0.39 is 0 Å². The van der Waals surface area contributed by atoms with Crippen LogP contribution in [0, 0.1) is 6.92 Å². The molecule has 0 atom stereocenters. The summed E-state index contributed by atoms with van der Waals surface area (Å²) in [6.07, 6.45) is 0. The summed E-state index contributed by atoms with van der Waals surface area (Å²) < 4.78 is 4.90. The molecule has 1 amide bonds. The van der Waals surface area contributed by atoms with Gasteiger partial charge in [0, 0.05) is 12.9 Å². The lowest BCUT2D eigenvalue weighted by atomic mass is 10.2. The second kappa shape index (κ2) is 7.19. The van der Waals surface area contributed by atoms with Gasteiger partial charge in [-0.2, -0.15) is 0 Å². The highest BCUT2D eigenvalue weighted by Gasteiger charge is 2.05. The van der Waals surface area contributed by atoms with Crippen molar-refractivity contribution in [2.75, 3.05) is 36.3 Å². The molecule has 0 saturated carbocycles. The number of hydrogen-bond acceptors (Lipinski definition) is 4. The van der Waals surface area contributed by atoms with E-state index in [-0.39, 0.29) is 5.91 Å². The predicted molar refractivity (Wildman–Crippen MR) is 73.4 cm³/mol. The molecule has 0 aromatic heterocycles. The molecule has 0 fully saturated rings. The number of amides is 1. The molecule has 1 rings (SSSR count). The van der Waals surface area contributed by atoms with Crippen molar-refractivity contribution in [2.24, 2.45) is 0 Å². The Kier molecular flexibility index (Phi) is 5.86. The molecule has 1 aromatic carbocycles. The van der Waals surface area contributed by atoms with E-state index in [2.05, 4.69) is 5.32 Å². The molecule has 0 aliphatic carbocycles. The molecule has 0 aliphatic heterocycles. The largest absolute Gasteiger partial charge is 0.397 e. The molecule has 0 radical (unpaired) electrons. The fourth-order valence-corrected chi connectivity index (χ4v) is 1.98. The van der Waals surface area contributed by atoms with Crippen LogP contribution < -0.4 is 11.1 Å². The normalized spacial score (nSPS) is 10.2. The lowest BCUT2D eigenvalue weighted by molar-refractivity contribution is -0.113. The van der Waals surface area contributed by atoms with Crippen molar-refractivity contribution >= 4 is 29.0 Å². The summed E-state index contributed by atoms with van der Waals surface area (Å²) in [6, 6.07) is 5.58. The van der Waals surface area contributed by atoms with Crippen LogP contribution >= 0.6 is 11.8 Å². The zero-order valence-corrected chi connectivity index (χ0v) is 11.0. The van der Waals surface area contributed by atoms with E-state index in [0.717, 1.165) is 11.3 Å². The van der Waals surface area contributed by atoms with Gasteiger partial charge in [-0.1, -0.05) is 6.07 Å². The number of nitrogens with one attached hydrogen (secondary N) is 1. The number of anilines is 2. The van der Waals surface area contributed by atoms with Gasteiger partial charge in [-0.25, -0.2) is 0 Å². The molecule has 0 bridgehead atoms. The molecule has 0 spiro atoms. The van der Waals surface area contributed by atoms with Crippen molar-refractivity contribution in [1.29, 1.82) is 0 Å².